The molecule has 1 N–H and O–H groups in total. The minimum Gasteiger partial charge on any atom is -0.465 e. The van der Waals surface area contributed by atoms with Gasteiger partial charge in [-0.3, -0.25) is 4.79 Å². The van der Waals surface area contributed by atoms with Gasteiger partial charge in [0.25, 0.3) is 11.9 Å². The second-order valence-corrected chi connectivity index (χ2v) is 6.75. The summed E-state index contributed by atoms with van der Waals surface area (Å²) >= 11 is 0. The van der Waals surface area contributed by atoms with Gasteiger partial charge in [0.1, 0.15) is 0 Å². The molecule has 8 heteroatoms. The molecule has 1 saturated heterocycles. The first-order valence-electron chi connectivity index (χ1n) is 9.44. The SMILES string of the molecule is CCOc1ccc(C(=O)NC2CCCN(c3ncc4c(n3)CCOC4)C2)o1. The number of hydrogen-bond acceptors (Lipinski definition) is 7. The fraction of sp³-hybridized carbons (Fsp3) is 0.526. The molecule has 0 aliphatic carbocycles. The number of nitrogens with one attached hydrogen (secondary N) is 1. The van der Waals surface area contributed by atoms with E-state index in [-0.39, 0.29) is 17.7 Å². The molecule has 27 heavy (non-hydrogen) atoms. The van der Waals surface area contributed by atoms with E-state index in [2.05, 4.69) is 15.2 Å². The molecule has 2 aromatic heterocycles. The fourth-order valence-electron chi connectivity index (χ4n) is 3.47. The summed E-state index contributed by atoms with van der Waals surface area (Å²) in [7, 11) is 0. The van der Waals surface area contributed by atoms with E-state index < -0.39 is 0 Å². The van der Waals surface area contributed by atoms with E-state index >= 15 is 0 Å². The van der Waals surface area contributed by atoms with Crippen molar-refractivity contribution in [3.63, 3.8) is 0 Å². The van der Waals surface area contributed by atoms with E-state index in [9.17, 15) is 4.79 Å². The summed E-state index contributed by atoms with van der Waals surface area (Å²) in [5, 5.41) is 3.05. The van der Waals surface area contributed by atoms with Crippen LogP contribution in [0.15, 0.2) is 22.7 Å². The molecule has 1 atom stereocenters. The summed E-state index contributed by atoms with van der Waals surface area (Å²) in [4.78, 5) is 23.8. The van der Waals surface area contributed by atoms with Crippen LogP contribution >= 0.6 is 0 Å². The zero-order valence-electron chi connectivity index (χ0n) is 15.4. The van der Waals surface area contributed by atoms with Crippen molar-refractivity contribution < 1.29 is 18.7 Å². The highest BCUT2D eigenvalue weighted by Crippen LogP contribution is 2.21. The maximum absolute atomic E-state index is 12.4. The van der Waals surface area contributed by atoms with E-state index in [0.717, 1.165) is 43.0 Å². The van der Waals surface area contributed by atoms with Gasteiger partial charge in [-0.15, -0.1) is 0 Å². The van der Waals surface area contributed by atoms with Crippen LogP contribution < -0.4 is 15.0 Å². The Bertz CT molecular complexity index is 807. The minimum absolute atomic E-state index is 0.0230. The third-order valence-corrected chi connectivity index (χ3v) is 4.81. The van der Waals surface area contributed by atoms with Crippen LogP contribution in [0.1, 0.15) is 41.6 Å². The molecule has 1 fully saturated rings. The fourth-order valence-corrected chi connectivity index (χ4v) is 3.47. The van der Waals surface area contributed by atoms with E-state index in [4.69, 9.17) is 18.9 Å². The second-order valence-electron chi connectivity index (χ2n) is 6.75. The Balaban J connectivity index is 1.39. The third kappa shape index (κ3) is 4.05. The third-order valence-electron chi connectivity index (χ3n) is 4.81. The molecule has 0 spiro atoms. The predicted molar refractivity (Wildman–Crippen MR) is 98.0 cm³/mol. The average Bonchev–Trinajstić information content (AvgIpc) is 3.17. The summed E-state index contributed by atoms with van der Waals surface area (Å²) in [5.74, 6) is 1.13. The van der Waals surface area contributed by atoms with Crippen LogP contribution in [0.2, 0.25) is 0 Å². The first-order valence-corrected chi connectivity index (χ1v) is 9.44. The zero-order chi connectivity index (χ0) is 18.6. The minimum atomic E-state index is -0.226. The normalized spacial score (nSPS) is 19.4. The van der Waals surface area contributed by atoms with Crippen LogP contribution in [-0.2, 0) is 17.8 Å². The van der Waals surface area contributed by atoms with Crippen molar-refractivity contribution in [2.75, 3.05) is 31.2 Å². The van der Waals surface area contributed by atoms with Crippen molar-refractivity contribution in [1.82, 2.24) is 15.3 Å². The number of piperidine rings is 1. The Morgan fingerprint density at radius 3 is 3.26 bits per heavy atom. The number of rotatable bonds is 5. The lowest BCUT2D eigenvalue weighted by Crippen LogP contribution is -2.48. The molecule has 0 saturated carbocycles. The molecule has 4 heterocycles. The Morgan fingerprint density at radius 2 is 2.37 bits per heavy atom. The summed E-state index contributed by atoms with van der Waals surface area (Å²) in [5.41, 5.74) is 2.13. The Kier molecular flexibility index (Phi) is 5.24. The Labute approximate surface area is 157 Å². The lowest BCUT2D eigenvalue weighted by molar-refractivity contribution is 0.0896. The van der Waals surface area contributed by atoms with Crippen molar-refractivity contribution >= 4 is 11.9 Å². The summed E-state index contributed by atoms with van der Waals surface area (Å²) in [6.07, 6.45) is 4.56. The van der Waals surface area contributed by atoms with Crippen molar-refractivity contribution in [2.24, 2.45) is 0 Å². The number of ether oxygens (including phenoxy) is 2. The number of fused-ring (bicyclic) bond motifs is 1. The highest BCUT2D eigenvalue weighted by molar-refractivity contribution is 5.91. The van der Waals surface area contributed by atoms with Crippen LogP contribution in [-0.4, -0.2) is 48.2 Å². The quantitative estimate of drug-likeness (QED) is 0.858. The zero-order valence-corrected chi connectivity index (χ0v) is 15.4. The average molecular weight is 372 g/mol. The van der Waals surface area contributed by atoms with E-state index in [1.54, 1.807) is 12.1 Å². The number of furan rings is 1. The number of carbonyl (C=O) groups is 1. The van der Waals surface area contributed by atoms with Crippen LogP contribution in [0, 0.1) is 0 Å². The number of anilines is 1. The molecular weight excluding hydrogens is 348 g/mol. The molecule has 144 valence electrons. The first kappa shape index (κ1) is 17.8. The van der Waals surface area contributed by atoms with E-state index in [1.807, 2.05) is 13.1 Å². The lowest BCUT2D eigenvalue weighted by atomic mass is 10.1. The van der Waals surface area contributed by atoms with Crippen molar-refractivity contribution in [1.29, 1.82) is 0 Å². The van der Waals surface area contributed by atoms with Crippen LogP contribution in [0.5, 0.6) is 5.95 Å². The molecule has 1 unspecified atom stereocenters. The van der Waals surface area contributed by atoms with E-state index in [0.29, 0.717) is 32.3 Å². The number of hydrogen-bond donors (Lipinski definition) is 1. The Hall–Kier alpha value is -2.61. The van der Waals surface area contributed by atoms with Crippen molar-refractivity contribution in [3.8, 4) is 5.95 Å². The highest BCUT2D eigenvalue weighted by atomic mass is 16.6. The topological polar surface area (TPSA) is 89.7 Å². The van der Waals surface area contributed by atoms with Gasteiger partial charge in [0.05, 0.1) is 25.5 Å². The van der Waals surface area contributed by atoms with Crippen molar-refractivity contribution in [2.45, 2.75) is 38.8 Å². The Morgan fingerprint density at radius 1 is 1.44 bits per heavy atom. The molecule has 4 rings (SSSR count). The number of carbonyl (C=O) groups excluding carboxylic acids is 1. The number of aromatic nitrogens is 2. The predicted octanol–water partition coefficient (Wildman–Crippen LogP) is 1.94. The van der Waals surface area contributed by atoms with Gasteiger partial charge in [-0.05, 0) is 25.8 Å². The smallest absolute Gasteiger partial charge is 0.287 e. The molecule has 8 nitrogen and oxygen atoms in total. The maximum atomic E-state index is 12.4. The van der Waals surface area contributed by atoms with Gasteiger partial charge in [-0.25, -0.2) is 9.97 Å². The maximum Gasteiger partial charge on any atom is 0.287 e. The van der Waals surface area contributed by atoms with Crippen LogP contribution in [0.4, 0.5) is 5.95 Å². The van der Waals surface area contributed by atoms with Gasteiger partial charge in [0.2, 0.25) is 5.95 Å². The monoisotopic (exact) mass is 372 g/mol. The first-order chi connectivity index (χ1) is 13.2. The lowest BCUT2D eigenvalue weighted by Gasteiger charge is -2.33. The van der Waals surface area contributed by atoms with Gasteiger partial charge < -0.3 is 24.1 Å². The molecule has 2 aliphatic rings. The van der Waals surface area contributed by atoms with Crippen LogP contribution in [0.3, 0.4) is 0 Å². The van der Waals surface area contributed by atoms with Crippen LogP contribution in [0.25, 0.3) is 0 Å². The van der Waals surface area contributed by atoms with Gasteiger partial charge in [0.15, 0.2) is 5.76 Å². The van der Waals surface area contributed by atoms with Crippen molar-refractivity contribution in [3.05, 3.63) is 35.3 Å². The summed E-state index contributed by atoms with van der Waals surface area (Å²) < 4.78 is 16.1. The summed E-state index contributed by atoms with van der Waals surface area (Å²) in [6.45, 7) is 5.22. The van der Waals surface area contributed by atoms with Gasteiger partial charge in [0, 0.05) is 43.4 Å². The molecular formula is C19H24N4O4. The largest absolute Gasteiger partial charge is 0.465 e. The summed E-state index contributed by atoms with van der Waals surface area (Å²) in [6, 6.07) is 3.32. The standard InChI is InChI=1S/C19H24N4O4/c1-2-26-17-6-5-16(27-17)18(24)21-14-4-3-8-23(11-14)19-20-10-13-12-25-9-7-15(13)22-19/h5-6,10,14H,2-4,7-9,11-12H2,1H3,(H,21,24). The molecule has 0 radical (unpaired) electrons. The second kappa shape index (κ2) is 7.96. The van der Waals surface area contributed by atoms with Gasteiger partial charge >= 0.3 is 0 Å². The highest BCUT2D eigenvalue weighted by Gasteiger charge is 2.25. The van der Waals surface area contributed by atoms with E-state index in [1.165, 1.54) is 0 Å². The number of amides is 1. The molecule has 0 aromatic carbocycles. The molecule has 2 aromatic rings. The molecule has 1 amide bonds. The van der Waals surface area contributed by atoms with Gasteiger partial charge in [-0.2, -0.15) is 0 Å². The van der Waals surface area contributed by atoms with Gasteiger partial charge in [-0.1, -0.05) is 0 Å². The molecule has 2 aliphatic heterocycles. The molecule has 0 bridgehead atoms. The number of nitrogens with zero attached hydrogens (tertiary/aromatic N) is 3.